The van der Waals surface area contributed by atoms with Crippen LogP contribution in [0.1, 0.15) is 28.8 Å². The molecule has 1 aliphatic heterocycles. The van der Waals surface area contributed by atoms with Gasteiger partial charge in [-0.05, 0) is 61.6 Å². The fourth-order valence-corrected chi connectivity index (χ4v) is 4.39. The van der Waals surface area contributed by atoms with Gasteiger partial charge in [0.2, 0.25) is 5.91 Å². The van der Waals surface area contributed by atoms with Crippen molar-refractivity contribution in [3.63, 3.8) is 0 Å². The zero-order valence-electron chi connectivity index (χ0n) is 17.5. The second-order valence-corrected chi connectivity index (χ2v) is 8.89. The van der Waals surface area contributed by atoms with Crippen LogP contribution in [0.5, 0.6) is 0 Å². The molecule has 1 saturated heterocycles. The molecular formula is C23H26N6OS. The molecule has 3 aromatic heterocycles. The van der Waals surface area contributed by atoms with Crippen LogP contribution in [0.4, 0.5) is 16.8 Å². The fraction of sp³-hybridized carbons (Fsp3) is 0.304. The number of thiazole rings is 1. The summed E-state index contributed by atoms with van der Waals surface area (Å²) in [6.45, 7) is 7.05. The van der Waals surface area contributed by atoms with Crippen LogP contribution in [0.15, 0.2) is 55.5 Å². The van der Waals surface area contributed by atoms with Gasteiger partial charge in [-0.3, -0.25) is 9.78 Å². The van der Waals surface area contributed by atoms with Crippen molar-refractivity contribution < 1.29 is 4.79 Å². The van der Waals surface area contributed by atoms with Crippen molar-refractivity contribution in [3.8, 4) is 0 Å². The summed E-state index contributed by atoms with van der Waals surface area (Å²) in [7, 11) is 0. The van der Waals surface area contributed by atoms with E-state index in [-0.39, 0.29) is 11.9 Å². The molecule has 160 valence electrons. The number of aromatic nitrogens is 3. The zero-order chi connectivity index (χ0) is 21.6. The highest BCUT2D eigenvalue weighted by molar-refractivity contribution is 7.15. The largest absolute Gasteiger partial charge is 0.365 e. The number of piperidine rings is 1. The molecule has 0 aromatic carbocycles. The van der Waals surface area contributed by atoms with E-state index in [9.17, 15) is 4.79 Å². The minimum Gasteiger partial charge on any atom is -0.365 e. The summed E-state index contributed by atoms with van der Waals surface area (Å²) in [5.41, 5.74) is 2.26. The fourth-order valence-electron chi connectivity index (χ4n) is 3.72. The van der Waals surface area contributed by atoms with Crippen molar-refractivity contribution in [3.05, 3.63) is 71.5 Å². The Kier molecular flexibility index (Phi) is 6.57. The molecule has 1 amide bonds. The first-order valence-corrected chi connectivity index (χ1v) is 11.2. The Hall–Kier alpha value is -3.26. The van der Waals surface area contributed by atoms with E-state index < -0.39 is 0 Å². The van der Waals surface area contributed by atoms with Gasteiger partial charge in [-0.15, -0.1) is 11.3 Å². The number of anilines is 3. The second kappa shape index (κ2) is 9.70. The van der Waals surface area contributed by atoms with Gasteiger partial charge in [0.15, 0.2) is 5.13 Å². The van der Waals surface area contributed by atoms with Crippen LogP contribution in [0.2, 0.25) is 0 Å². The summed E-state index contributed by atoms with van der Waals surface area (Å²) in [4.78, 5) is 28.4. The van der Waals surface area contributed by atoms with E-state index >= 15 is 0 Å². The van der Waals surface area contributed by atoms with Crippen LogP contribution in [0.25, 0.3) is 0 Å². The molecule has 4 rings (SSSR count). The molecule has 4 heterocycles. The molecule has 3 aromatic rings. The van der Waals surface area contributed by atoms with E-state index in [0.29, 0.717) is 6.54 Å². The van der Waals surface area contributed by atoms with Crippen LogP contribution in [-0.2, 0) is 11.2 Å². The van der Waals surface area contributed by atoms with Gasteiger partial charge in [-0.1, -0.05) is 12.6 Å². The molecule has 1 unspecified atom stereocenters. The lowest BCUT2D eigenvalue weighted by atomic mass is 10.0. The lowest BCUT2D eigenvalue weighted by molar-refractivity contribution is -0.127. The van der Waals surface area contributed by atoms with Crippen molar-refractivity contribution in [1.29, 1.82) is 0 Å². The third-order valence-corrected chi connectivity index (χ3v) is 5.96. The maximum atomic E-state index is 12.0. The van der Waals surface area contributed by atoms with Gasteiger partial charge in [-0.25, -0.2) is 9.97 Å². The Balaban J connectivity index is 1.56. The predicted molar refractivity (Wildman–Crippen MR) is 125 cm³/mol. The van der Waals surface area contributed by atoms with Crippen LogP contribution >= 0.6 is 11.3 Å². The van der Waals surface area contributed by atoms with Gasteiger partial charge in [0, 0.05) is 42.6 Å². The highest BCUT2D eigenvalue weighted by Gasteiger charge is 2.22. The number of hydrogen-bond acceptors (Lipinski definition) is 7. The first-order valence-electron chi connectivity index (χ1n) is 10.4. The van der Waals surface area contributed by atoms with E-state index in [1.165, 1.54) is 6.08 Å². The summed E-state index contributed by atoms with van der Waals surface area (Å²) >= 11 is 1.59. The van der Waals surface area contributed by atoms with Crippen molar-refractivity contribution in [2.45, 2.75) is 32.2 Å². The summed E-state index contributed by atoms with van der Waals surface area (Å²) in [6, 6.07) is 8.27. The molecule has 0 spiro atoms. The lowest BCUT2D eigenvalue weighted by Gasteiger charge is -2.33. The molecule has 7 nitrogen and oxygen atoms in total. The molecule has 1 atom stereocenters. The molecular weight excluding hydrogens is 408 g/mol. The van der Waals surface area contributed by atoms with Crippen molar-refractivity contribution in [1.82, 2.24) is 19.9 Å². The van der Waals surface area contributed by atoms with Crippen LogP contribution in [0, 0.1) is 6.92 Å². The molecule has 0 saturated carbocycles. The van der Waals surface area contributed by atoms with Gasteiger partial charge in [0.05, 0.1) is 0 Å². The number of carbonyl (C=O) groups is 1. The first-order chi connectivity index (χ1) is 15.1. The Labute approximate surface area is 186 Å². The minimum atomic E-state index is -0.0220. The van der Waals surface area contributed by atoms with Crippen molar-refractivity contribution >= 4 is 34.0 Å². The maximum Gasteiger partial charge on any atom is 0.246 e. The third-order valence-electron chi connectivity index (χ3n) is 5.13. The number of likely N-dealkylation sites (tertiary alicyclic amines) is 1. The number of aryl methyl sites for hydroxylation is 1. The summed E-state index contributed by atoms with van der Waals surface area (Å²) < 4.78 is 0. The molecule has 1 fully saturated rings. The van der Waals surface area contributed by atoms with E-state index in [0.717, 1.165) is 58.6 Å². The summed E-state index contributed by atoms with van der Waals surface area (Å²) in [5.74, 6) is 1.51. The van der Waals surface area contributed by atoms with E-state index in [1.807, 2.05) is 36.4 Å². The highest BCUT2D eigenvalue weighted by atomic mass is 32.1. The Morgan fingerprint density at radius 1 is 1.32 bits per heavy atom. The highest BCUT2D eigenvalue weighted by Crippen LogP contribution is 2.25. The lowest BCUT2D eigenvalue weighted by Crippen LogP contribution is -2.44. The van der Waals surface area contributed by atoms with Gasteiger partial charge < -0.3 is 15.5 Å². The smallest absolute Gasteiger partial charge is 0.246 e. The molecule has 31 heavy (non-hydrogen) atoms. The van der Waals surface area contributed by atoms with E-state index in [4.69, 9.17) is 4.98 Å². The monoisotopic (exact) mass is 434 g/mol. The van der Waals surface area contributed by atoms with E-state index in [2.05, 4.69) is 39.3 Å². The Bertz CT molecular complexity index is 1050. The average molecular weight is 435 g/mol. The molecule has 0 radical (unpaired) electrons. The molecule has 2 N–H and O–H groups in total. The standard InChI is InChI=1S/C23H26N6OS/c1-3-22(30)29-9-5-7-19(15-29)26-20-11-18(10-17-6-4-8-24-14-17)12-21(27-20)28-23-25-13-16(2)31-23/h3-4,6,8,11-14,19H,1,5,7,9-10,15H2,2H3,(H2,25,26,27,28). The topological polar surface area (TPSA) is 83.0 Å². The first kappa shape index (κ1) is 21.0. The second-order valence-electron chi connectivity index (χ2n) is 7.66. The SMILES string of the molecule is C=CC(=O)N1CCCC(Nc2cc(Cc3cccnc3)cc(Nc3ncc(C)s3)n2)C1. The van der Waals surface area contributed by atoms with Crippen LogP contribution in [0.3, 0.4) is 0 Å². The number of rotatable bonds is 7. The van der Waals surface area contributed by atoms with Crippen molar-refractivity contribution in [2.24, 2.45) is 0 Å². The number of amides is 1. The van der Waals surface area contributed by atoms with Crippen LogP contribution < -0.4 is 10.6 Å². The number of nitrogens with one attached hydrogen (secondary N) is 2. The Morgan fingerprint density at radius 2 is 2.19 bits per heavy atom. The number of carbonyl (C=O) groups excluding carboxylic acids is 1. The average Bonchev–Trinajstić information content (AvgIpc) is 3.18. The molecule has 0 aliphatic carbocycles. The third kappa shape index (κ3) is 5.67. The van der Waals surface area contributed by atoms with E-state index in [1.54, 1.807) is 17.5 Å². The number of hydrogen-bond donors (Lipinski definition) is 2. The van der Waals surface area contributed by atoms with Gasteiger partial charge >= 0.3 is 0 Å². The number of nitrogens with zero attached hydrogens (tertiary/aromatic N) is 4. The Morgan fingerprint density at radius 3 is 2.94 bits per heavy atom. The zero-order valence-corrected chi connectivity index (χ0v) is 18.4. The number of pyridine rings is 2. The van der Waals surface area contributed by atoms with Gasteiger partial charge in [-0.2, -0.15) is 0 Å². The minimum absolute atomic E-state index is 0.0220. The molecule has 1 aliphatic rings. The van der Waals surface area contributed by atoms with Crippen LogP contribution in [-0.4, -0.2) is 44.9 Å². The quantitative estimate of drug-likeness (QED) is 0.543. The molecule has 8 heteroatoms. The predicted octanol–water partition coefficient (Wildman–Crippen LogP) is 4.16. The van der Waals surface area contributed by atoms with Crippen molar-refractivity contribution in [2.75, 3.05) is 23.7 Å². The van der Waals surface area contributed by atoms with Gasteiger partial charge in [0.1, 0.15) is 11.6 Å². The normalized spacial score (nSPS) is 16.0. The maximum absolute atomic E-state index is 12.0. The summed E-state index contributed by atoms with van der Waals surface area (Å²) in [6.07, 6.45) is 9.58. The summed E-state index contributed by atoms with van der Waals surface area (Å²) in [5, 5.41) is 7.68. The molecule has 0 bridgehead atoms. The van der Waals surface area contributed by atoms with Gasteiger partial charge in [0.25, 0.3) is 0 Å².